The average molecular weight is 425 g/mol. The number of amides is 2. The van der Waals surface area contributed by atoms with Gasteiger partial charge in [-0.05, 0) is 49.8 Å². The van der Waals surface area contributed by atoms with Gasteiger partial charge in [0.15, 0.2) is 0 Å². The molecule has 2 aromatic rings. The topological polar surface area (TPSA) is 58.6 Å². The molecule has 1 fully saturated rings. The molecule has 158 valence electrons. The third-order valence-electron chi connectivity index (χ3n) is 5.09. The fourth-order valence-corrected chi connectivity index (χ4v) is 4.14. The van der Waals surface area contributed by atoms with Crippen LogP contribution in [-0.2, 0) is 9.53 Å². The molecule has 1 aromatic carbocycles. The zero-order chi connectivity index (χ0) is 21.3. The summed E-state index contributed by atoms with van der Waals surface area (Å²) >= 11 is 1.36. The molecule has 0 saturated carbocycles. The fourth-order valence-electron chi connectivity index (χ4n) is 3.52. The summed E-state index contributed by atoms with van der Waals surface area (Å²) in [5.41, 5.74) is 0.781. The second-order valence-electron chi connectivity index (χ2n) is 7.24. The molecule has 2 unspecified atom stereocenters. The lowest BCUT2D eigenvalue weighted by Crippen LogP contribution is -2.46. The highest BCUT2D eigenvalue weighted by Crippen LogP contribution is 2.25. The van der Waals surface area contributed by atoms with Crippen molar-refractivity contribution < 1.29 is 14.3 Å². The van der Waals surface area contributed by atoms with Crippen LogP contribution in [0.1, 0.15) is 48.0 Å². The van der Waals surface area contributed by atoms with Gasteiger partial charge >= 0.3 is 0 Å². The molecule has 2 heterocycles. The molecule has 0 radical (unpaired) electrons. The van der Waals surface area contributed by atoms with Gasteiger partial charge in [0, 0.05) is 6.54 Å². The number of carbonyl (C=O) groups is 2. The van der Waals surface area contributed by atoms with E-state index in [9.17, 15) is 9.59 Å². The molecule has 3 rings (SSSR count). The Bertz CT molecular complexity index is 890. The molecule has 1 aliphatic rings. The van der Waals surface area contributed by atoms with E-state index < -0.39 is 6.04 Å². The molecular weight excluding hydrogens is 396 g/mol. The number of ether oxygens (including phenoxy) is 1. The summed E-state index contributed by atoms with van der Waals surface area (Å²) in [6.07, 6.45) is 7.60. The first-order chi connectivity index (χ1) is 14.6. The number of hydrogen-bond acceptors (Lipinski definition) is 4. The van der Waals surface area contributed by atoms with E-state index >= 15 is 0 Å². The Kier molecular flexibility index (Phi) is 7.85. The highest BCUT2D eigenvalue weighted by molar-refractivity contribution is 7.12. The largest absolute Gasteiger partial charge is 0.496 e. The maximum atomic E-state index is 13.5. The maximum absolute atomic E-state index is 13.5. The highest BCUT2D eigenvalue weighted by Gasteiger charge is 2.35. The first kappa shape index (κ1) is 21.8. The van der Waals surface area contributed by atoms with Crippen molar-refractivity contribution in [3.05, 3.63) is 82.3 Å². The van der Waals surface area contributed by atoms with E-state index in [0.29, 0.717) is 18.0 Å². The van der Waals surface area contributed by atoms with Crippen molar-refractivity contribution in [3.8, 4) is 0 Å². The Hall–Kier alpha value is -2.86. The number of benzene rings is 1. The van der Waals surface area contributed by atoms with Crippen LogP contribution < -0.4 is 5.32 Å². The van der Waals surface area contributed by atoms with E-state index in [1.54, 1.807) is 6.07 Å². The summed E-state index contributed by atoms with van der Waals surface area (Å²) in [4.78, 5) is 28.7. The predicted octanol–water partition coefficient (Wildman–Crippen LogP) is 4.71. The standard InChI is InChI=1S/C24H28N2O3S/c1-3-4-10-18(2)29-17-20-13-8-15-26(20)24(28)22(19-11-6-5-7-12-19)25-23(27)21-14-9-16-30-21/h3-7,9-12,14,16,20,22H,8,13,15,17H2,1-2H3,(H,25,27). The molecule has 1 N–H and O–H groups in total. The lowest BCUT2D eigenvalue weighted by Gasteiger charge is -2.29. The molecule has 0 aliphatic carbocycles. The van der Waals surface area contributed by atoms with Crippen LogP contribution in [0.3, 0.4) is 0 Å². The summed E-state index contributed by atoms with van der Waals surface area (Å²) in [5, 5.41) is 4.80. The van der Waals surface area contributed by atoms with Crippen LogP contribution in [0.15, 0.2) is 71.8 Å². The van der Waals surface area contributed by atoms with Crippen molar-refractivity contribution >= 4 is 23.2 Å². The molecule has 5 nitrogen and oxygen atoms in total. The van der Waals surface area contributed by atoms with Crippen molar-refractivity contribution in [1.29, 1.82) is 0 Å². The molecule has 6 heteroatoms. The Morgan fingerprint density at radius 1 is 1.27 bits per heavy atom. The van der Waals surface area contributed by atoms with Gasteiger partial charge in [0.25, 0.3) is 5.91 Å². The number of thiophene rings is 1. The van der Waals surface area contributed by atoms with Gasteiger partial charge in [0.2, 0.25) is 5.91 Å². The molecule has 30 heavy (non-hydrogen) atoms. The van der Waals surface area contributed by atoms with E-state index in [-0.39, 0.29) is 17.9 Å². The summed E-state index contributed by atoms with van der Waals surface area (Å²) in [6.45, 7) is 4.99. The summed E-state index contributed by atoms with van der Waals surface area (Å²) in [6, 6.07) is 12.3. The third kappa shape index (κ3) is 5.60. The number of likely N-dealkylation sites (tertiary alicyclic amines) is 1. The van der Waals surface area contributed by atoms with Crippen LogP contribution in [0, 0.1) is 0 Å². The van der Waals surface area contributed by atoms with Crippen LogP contribution >= 0.6 is 11.3 Å². The number of allylic oxidation sites excluding steroid dienone is 4. The summed E-state index contributed by atoms with van der Waals surface area (Å²) in [5.74, 6) is 0.495. The molecule has 2 amide bonds. The van der Waals surface area contributed by atoms with Crippen LogP contribution in [0.5, 0.6) is 0 Å². The number of hydrogen-bond donors (Lipinski definition) is 1. The predicted molar refractivity (Wildman–Crippen MR) is 120 cm³/mol. The Morgan fingerprint density at radius 2 is 2.07 bits per heavy atom. The Labute approximate surface area is 182 Å². The van der Waals surface area contributed by atoms with Gasteiger partial charge in [0.05, 0.1) is 16.7 Å². The van der Waals surface area contributed by atoms with E-state index in [4.69, 9.17) is 4.74 Å². The summed E-state index contributed by atoms with van der Waals surface area (Å²) in [7, 11) is 0. The molecule has 1 aromatic heterocycles. The summed E-state index contributed by atoms with van der Waals surface area (Å²) < 4.78 is 5.86. The molecule has 1 aliphatic heterocycles. The van der Waals surface area contributed by atoms with E-state index in [1.807, 2.05) is 78.8 Å². The first-order valence-electron chi connectivity index (χ1n) is 10.2. The number of nitrogens with zero attached hydrogens (tertiary/aromatic N) is 1. The number of rotatable bonds is 8. The monoisotopic (exact) mass is 424 g/mol. The molecular formula is C24H28N2O3S. The highest BCUT2D eigenvalue weighted by atomic mass is 32.1. The number of carbonyl (C=O) groups excluding carboxylic acids is 2. The minimum absolute atomic E-state index is 0.00342. The average Bonchev–Trinajstić information content (AvgIpc) is 3.46. The van der Waals surface area contributed by atoms with Gasteiger partial charge in [-0.2, -0.15) is 0 Å². The third-order valence-corrected chi connectivity index (χ3v) is 5.96. The van der Waals surface area contributed by atoms with E-state index in [1.165, 1.54) is 11.3 Å². The van der Waals surface area contributed by atoms with Crippen molar-refractivity contribution in [2.45, 2.75) is 38.8 Å². The van der Waals surface area contributed by atoms with E-state index in [0.717, 1.165) is 24.2 Å². The van der Waals surface area contributed by atoms with Crippen LogP contribution in [0.25, 0.3) is 0 Å². The van der Waals surface area contributed by atoms with Gasteiger partial charge in [0.1, 0.15) is 12.6 Å². The van der Waals surface area contributed by atoms with Gasteiger partial charge in [-0.3, -0.25) is 9.59 Å². The van der Waals surface area contributed by atoms with Gasteiger partial charge in [-0.1, -0.05) is 48.6 Å². The minimum atomic E-state index is -0.721. The zero-order valence-electron chi connectivity index (χ0n) is 17.4. The second kappa shape index (κ2) is 10.8. The molecule has 0 bridgehead atoms. The lowest BCUT2D eigenvalue weighted by molar-refractivity contribution is -0.135. The van der Waals surface area contributed by atoms with Gasteiger partial charge in [-0.25, -0.2) is 0 Å². The van der Waals surface area contributed by atoms with Crippen LogP contribution in [-0.4, -0.2) is 35.9 Å². The maximum Gasteiger partial charge on any atom is 0.262 e. The Morgan fingerprint density at radius 3 is 2.77 bits per heavy atom. The molecule has 0 spiro atoms. The smallest absolute Gasteiger partial charge is 0.262 e. The lowest BCUT2D eigenvalue weighted by atomic mass is 10.0. The van der Waals surface area contributed by atoms with Crippen molar-refractivity contribution in [2.75, 3.05) is 13.2 Å². The van der Waals surface area contributed by atoms with Crippen LogP contribution in [0.2, 0.25) is 0 Å². The first-order valence-corrected chi connectivity index (χ1v) is 11.1. The van der Waals surface area contributed by atoms with Gasteiger partial charge in [-0.15, -0.1) is 11.3 Å². The number of nitrogens with one attached hydrogen (secondary N) is 1. The normalized spacial score (nSPS) is 17.9. The zero-order valence-corrected chi connectivity index (χ0v) is 18.2. The molecule has 1 saturated heterocycles. The van der Waals surface area contributed by atoms with Crippen molar-refractivity contribution in [3.63, 3.8) is 0 Å². The molecule has 2 atom stereocenters. The second-order valence-corrected chi connectivity index (χ2v) is 8.18. The van der Waals surface area contributed by atoms with E-state index in [2.05, 4.69) is 5.32 Å². The van der Waals surface area contributed by atoms with Gasteiger partial charge < -0.3 is 15.0 Å². The minimum Gasteiger partial charge on any atom is -0.496 e. The quantitative estimate of drug-likeness (QED) is 0.493. The SMILES string of the molecule is CC=CC=C(C)OCC1CCCN1C(=O)C(NC(=O)c1cccs1)c1ccccc1. The van der Waals surface area contributed by atoms with Crippen LogP contribution in [0.4, 0.5) is 0 Å². The van der Waals surface area contributed by atoms with Crippen molar-refractivity contribution in [2.24, 2.45) is 0 Å². The fraction of sp³-hybridized carbons (Fsp3) is 0.333. The van der Waals surface area contributed by atoms with Crippen molar-refractivity contribution in [1.82, 2.24) is 10.2 Å². The Balaban J connectivity index is 1.75.